The molecule has 0 aromatic heterocycles. The van der Waals surface area contributed by atoms with Crippen LogP contribution >= 0.6 is 0 Å². The Bertz CT molecular complexity index is 3020. The molecule has 0 heteroatoms. The van der Waals surface area contributed by atoms with Crippen molar-refractivity contribution < 1.29 is 0 Å². The average molecular weight is 617 g/mol. The number of hydrogen-bond donors (Lipinski definition) is 0. The highest BCUT2D eigenvalue weighted by Gasteiger charge is 2.50. The number of hydrogen-bond acceptors (Lipinski definition) is 0. The Labute approximate surface area is 283 Å². The zero-order chi connectivity index (χ0) is 31.8. The van der Waals surface area contributed by atoms with E-state index in [4.69, 9.17) is 0 Å². The van der Waals surface area contributed by atoms with E-state index in [1.807, 2.05) is 0 Å². The summed E-state index contributed by atoms with van der Waals surface area (Å²) in [6, 6.07) is 64.1. The lowest BCUT2D eigenvalue weighted by Gasteiger charge is -2.30. The third-order valence-corrected chi connectivity index (χ3v) is 11.8. The van der Waals surface area contributed by atoms with Crippen molar-refractivity contribution in [3.63, 3.8) is 0 Å². The molecule has 0 N–H and O–H groups in total. The van der Waals surface area contributed by atoms with Crippen LogP contribution in [0.1, 0.15) is 22.3 Å². The van der Waals surface area contributed by atoms with Crippen LogP contribution in [0, 0.1) is 0 Å². The number of benzene rings is 10. The molecule has 2 aliphatic carbocycles. The maximum absolute atomic E-state index is 2.45. The van der Waals surface area contributed by atoms with Gasteiger partial charge in [-0.05, 0) is 121 Å². The highest BCUT2D eigenvalue weighted by Crippen LogP contribution is 2.63. The van der Waals surface area contributed by atoms with Crippen LogP contribution in [0.25, 0.3) is 86.9 Å². The lowest BCUT2D eigenvalue weighted by atomic mass is 9.70. The Morgan fingerprint density at radius 1 is 0.245 bits per heavy atom. The van der Waals surface area contributed by atoms with Gasteiger partial charge in [0.2, 0.25) is 0 Å². The minimum atomic E-state index is -0.322. The van der Waals surface area contributed by atoms with Crippen LogP contribution in [0.3, 0.4) is 0 Å². The number of fused-ring (bicyclic) bond motifs is 16. The molecule has 0 fully saturated rings. The van der Waals surface area contributed by atoms with Gasteiger partial charge in [0.1, 0.15) is 0 Å². The topological polar surface area (TPSA) is 0 Å². The summed E-state index contributed by atoms with van der Waals surface area (Å²) in [6.07, 6.45) is 0. The minimum absolute atomic E-state index is 0.322. The molecule has 0 saturated carbocycles. The van der Waals surface area contributed by atoms with Crippen LogP contribution in [0.2, 0.25) is 0 Å². The molecule has 0 bridgehead atoms. The smallest absolute Gasteiger partial charge is 0.0619 e. The summed E-state index contributed by atoms with van der Waals surface area (Å²) in [5, 5.41) is 16.0. The summed E-state index contributed by atoms with van der Waals surface area (Å²) in [5.74, 6) is 0. The predicted octanol–water partition coefficient (Wildman–Crippen LogP) is 12.9. The highest BCUT2D eigenvalue weighted by atomic mass is 14.5. The Balaban J connectivity index is 1.16. The van der Waals surface area contributed by atoms with Crippen molar-refractivity contribution in [1.82, 2.24) is 0 Å². The van der Waals surface area contributed by atoms with Gasteiger partial charge in [-0.3, -0.25) is 0 Å². The Morgan fingerprint density at radius 2 is 0.592 bits per heavy atom. The standard InChI is InChI=1S/C49H28/c1-2-13-33-31(11-1)32-12-3-4-14-34(32)41-27-29(23-25-35(33)41)30-24-26-36-39-17-9-21-45-47(39)48-40(42(36)28-30)18-10-22-46(48)49(45)43-19-7-5-15-37(43)38-16-6-8-20-44(38)49/h1-28H. The van der Waals surface area contributed by atoms with Gasteiger partial charge in [-0.15, -0.1) is 0 Å². The summed E-state index contributed by atoms with van der Waals surface area (Å²) in [6.45, 7) is 0. The zero-order valence-electron chi connectivity index (χ0n) is 26.7. The second-order valence-corrected chi connectivity index (χ2v) is 13.9. The molecule has 0 heterocycles. The van der Waals surface area contributed by atoms with Crippen molar-refractivity contribution in [2.45, 2.75) is 5.41 Å². The average Bonchev–Trinajstić information content (AvgIpc) is 3.65. The van der Waals surface area contributed by atoms with Gasteiger partial charge in [-0.25, -0.2) is 0 Å². The van der Waals surface area contributed by atoms with Gasteiger partial charge in [0.25, 0.3) is 0 Å². The Morgan fingerprint density at radius 3 is 1.12 bits per heavy atom. The first-order chi connectivity index (χ1) is 24.3. The van der Waals surface area contributed by atoms with Gasteiger partial charge < -0.3 is 0 Å². The van der Waals surface area contributed by atoms with Gasteiger partial charge in [-0.2, -0.15) is 0 Å². The summed E-state index contributed by atoms with van der Waals surface area (Å²) in [5.41, 5.74) is 10.5. The maximum Gasteiger partial charge on any atom is 0.0725 e. The van der Waals surface area contributed by atoms with Gasteiger partial charge in [0.05, 0.1) is 5.41 Å². The maximum atomic E-state index is 2.45. The minimum Gasteiger partial charge on any atom is -0.0619 e. The third-order valence-electron chi connectivity index (χ3n) is 11.8. The molecular weight excluding hydrogens is 589 g/mol. The van der Waals surface area contributed by atoms with E-state index in [-0.39, 0.29) is 5.41 Å². The zero-order valence-corrected chi connectivity index (χ0v) is 26.7. The van der Waals surface area contributed by atoms with E-state index in [1.54, 1.807) is 0 Å². The van der Waals surface area contributed by atoms with E-state index in [2.05, 4.69) is 170 Å². The Hall–Kier alpha value is -6.24. The van der Waals surface area contributed by atoms with E-state index in [1.165, 1.54) is 109 Å². The van der Waals surface area contributed by atoms with Crippen LogP contribution in [-0.2, 0) is 5.41 Å². The molecule has 0 radical (unpaired) electrons. The fourth-order valence-corrected chi connectivity index (χ4v) is 9.95. The van der Waals surface area contributed by atoms with Gasteiger partial charge in [0, 0.05) is 0 Å². The third kappa shape index (κ3) is 3.02. The van der Waals surface area contributed by atoms with Crippen LogP contribution < -0.4 is 0 Å². The van der Waals surface area contributed by atoms with E-state index in [0.717, 1.165) is 0 Å². The van der Waals surface area contributed by atoms with Gasteiger partial charge >= 0.3 is 0 Å². The molecule has 2 aliphatic rings. The fraction of sp³-hybridized carbons (Fsp3) is 0.0204. The second-order valence-electron chi connectivity index (χ2n) is 13.9. The van der Waals surface area contributed by atoms with E-state index in [0.29, 0.717) is 0 Å². The van der Waals surface area contributed by atoms with Crippen LogP contribution in [0.4, 0.5) is 0 Å². The summed E-state index contributed by atoms with van der Waals surface area (Å²) in [7, 11) is 0. The molecule has 49 heavy (non-hydrogen) atoms. The predicted molar refractivity (Wildman–Crippen MR) is 208 cm³/mol. The molecule has 0 unspecified atom stereocenters. The molecule has 10 aromatic rings. The lowest BCUT2D eigenvalue weighted by Crippen LogP contribution is -2.25. The van der Waals surface area contributed by atoms with Crippen molar-refractivity contribution in [2.24, 2.45) is 0 Å². The number of rotatable bonds is 1. The van der Waals surface area contributed by atoms with E-state index < -0.39 is 0 Å². The van der Waals surface area contributed by atoms with Crippen molar-refractivity contribution in [3.05, 3.63) is 192 Å². The fourth-order valence-electron chi connectivity index (χ4n) is 9.95. The molecule has 0 aliphatic heterocycles. The molecule has 10 aromatic carbocycles. The molecule has 0 nitrogen and oxygen atoms in total. The largest absolute Gasteiger partial charge is 0.0725 e. The molecule has 12 rings (SSSR count). The molecule has 0 saturated heterocycles. The summed E-state index contributed by atoms with van der Waals surface area (Å²) in [4.78, 5) is 0. The van der Waals surface area contributed by atoms with E-state index >= 15 is 0 Å². The second kappa shape index (κ2) is 9.01. The van der Waals surface area contributed by atoms with Crippen molar-refractivity contribution in [1.29, 1.82) is 0 Å². The summed E-state index contributed by atoms with van der Waals surface area (Å²) >= 11 is 0. The van der Waals surface area contributed by atoms with Gasteiger partial charge in [0.15, 0.2) is 0 Å². The first-order valence-electron chi connectivity index (χ1n) is 17.3. The molecule has 0 amide bonds. The molecular formula is C49H28. The highest BCUT2D eigenvalue weighted by molar-refractivity contribution is 6.30. The first kappa shape index (κ1) is 25.8. The quantitative estimate of drug-likeness (QED) is 0.161. The Kier molecular flexibility index (Phi) is 4.74. The van der Waals surface area contributed by atoms with Crippen molar-refractivity contribution in [3.8, 4) is 22.3 Å². The first-order valence-corrected chi connectivity index (χ1v) is 17.3. The monoisotopic (exact) mass is 616 g/mol. The van der Waals surface area contributed by atoms with Crippen LogP contribution in [-0.4, -0.2) is 0 Å². The van der Waals surface area contributed by atoms with Crippen LogP contribution in [0.15, 0.2) is 170 Å². The molecule has 224 valence electrons. The normalized spacial score (nSPS) is 13.9. The summed E-state index contributed by atoms with van der Waals surface area (Å²) < 4.78 is 0. The molecule has 0 atom stereocenters. The SMILES string of the molecule is c1ccc2c(c1)-c1ccccc1C21c2cccc3c4ccc(-c5ccc6c7ccccc7c7ccccc7c6c5)cc4c4cccc1c4c23. The van der Waals surface area contributed by atoms with Crippen molar-refractivity contribution >= 4 is 64.6 Å². The van der Waals surface area contributed by atoms with Crippen LogP contribution in [0.5, 0.6) is 0 Å². The molecule has 1 spiro atoms. The van der Waals surface area contributed by atoms with Crippen molar-refractivity contribution in [2.75, 3.05) is 0 Å². The lowest BCUT2D eigenvalue weighted by molar-refractivity contribution is 0.797. The van der Waals surface area contributed by atoms with Gasteiger partial charge in [-0.1, -0.05) is 158 Å². The van der Waals surface area contributed by atoms with E-state index in [9.17, 15) is 0 Å².